The van der Waals surface area contributed by atoms with Gasteiger partial charge in [0.2, 0.25) is 0 Å². The van der Waals surface area contributed by atoms with E-state index in [0.717, 1.165) is 56.0 Å². The molecule has 12 heteroatoms. The molecule has 0 saturated heterocycles. The zero-order valence-corrected chi connectivity index (χ0v) is 54.3. The molecule has 0 saturated carbocycles. The summed E-state index contributed by atoms with van der Waals surface area (Å²) in [6.07, 6.45) is 46.4. The van der Waals surface area contributed by atoms with Crippen LogP contribution in [0, 0.1) is 11.6 Å². The van der Waals surface area contributed by atoms with Crippen LogP contribution in [0.5, 0.6) is 34.5 Å². The summed E-state index contributed by atoms with van der Waals surface area (Å²) in [5.41, 5.74) is 0.415. The Balaban J connectivity index is 0.819. The van der Waals surface area contributed by atoms with Crippen LogP contribution in [0.3, 0.4) is 0 Å². The summed E-state index contributed by atoms with van der Waals surface area (Å²) in [7, 11) is 0. The Hall–Kier alpha value is -7.08. The molecule has 0 aliphatic carbocycles. The molecule has 0 bridgehead atoms. The molecule has 0 aliphatic rings. The Morgan fingerprint density at radius 2 is 0.511 bits per heavy atom. The highest BCUT2D eigenvalue weighted by Gasteiger charge is 2.18. The molecule has 90 heavy (non-hydrogen) atoms. The molecule has 0 radical (unpaired) electrons. The minimum absolute atomic E-state index is 0.0177. The van der Waals surface area contributed by atoms with Crippen molar-refractivity contribution in [1.82, 2.24) is 0 Å². The molecule has 0 atom stereocenters. The maximum absolute atomic E-state index is 15.0. The standard InChI is InChI=1S/C78H102F2O10/c1-3-5-7-9-11-13-15-17-19-21-23-25-27-29-31-33-35-37-55-85-73-53-45-64(59-71(73)79)77(83)87-67-47-41-62(42-48-67)75(81)89-69-51-39-61-40-52-70(58-66(61)57-69)90-76(82)63-43-49-68(50-44-63)88-78(84)65-46-54-74(72(80)60-65)86-56-38-36-34-32-30-28-26-24-22-20-18-16-14-12-10-8-6-4-2/h39-54,57-60H,3-38,55-56H2,1-2H3. The van der Waals surface area contributed by atoms with E-state index in [2.05, 4.69) is 13.8 Å². The van der Waals surface area contributed by atoms with Crippen LogP contribution in [0.2, 0.25) is 0 Å². The van der Waals surface area contributed by atoms with Gasteiger partial charge in [0.05, 0.1) is 35.5 Å². The third-order valence-corrected chi connectivity index (χ3v) is 16.7. The molecule has 6 aromatic carbocycles. The van der Waals surface area contributed by atoms with Crippen molar-refractivity contribution in [1.29, 1.82) is 0 Å². The minimum atomic E-state index is -0.764. The second kappa shape index (κ2) is 43.6. The van der Waals surface area contributed by atoms with Crippen LogP contribution < -0.4 is 28.4 Å². The molecule has 0 amide bonds. The lowest BCUT2D eigenvalue weighted by Crippen LogP contribution is -2.11. The lowest BCUT2D eigenvalue weighted by Gasteiger charge is -2.10. The van der Waals surface area contributed by atoms with Gasteiger partial charge < -0.3 is 28.4 Å². The smallest absolute Gasteiger partial charge is 0.343 e. The summed E-state index contributed by atoms with van der Waals surface area (Å²) in [6, 6.07) is 29.7. The molecular weight excluding hydrogens is 1130 g/mol. The Kier molecular flexibility index (Phi) is 34.9. The van der Waals surface area contributed by atoms with E-state index in [0.29, 0.717) is 18.6 Å². The predicted octanol–water partition coefficient (Wildman–Crippen LogP) is 22.8. The molecule has 488 valence electrons. The van der Waals surface area contributed by atoms with Crippen LogP contribution in [0.4, 0.5) is 8.78 Å². The van der Waals surface area contributed by atoms with Crippen molar-refractivity contribution in [2.24, 2.45) is 0 Å². The normalized spacial score (nSPS) is 11.2. The second-order valence-corrected chi connectivity index (χ2v) is 24.3. The Bertz CT molecular complexity index is 2810. The summed E-state index contributed by atoms with van der Waals surface area (Å²) in [5, 5.41) is 1.42. The number of hydrogen-bond donors (Lipinski definition) is 0. The number of carbonyl (C=O) groups is 4. The van der Waals surface area contributed by atoms with Gasteiger partial charge in [0.25, 0.3) is 0 Å². The summed E-state index contributed by atoms with van der Waals surface area (Å²) in [4.78, 5) is 52.3. The topological polar surface area (TPSA) is 124 Å². The average molecular weight is 1240 g/mol. The lowest BCUT2D eigenvalue weighted by atomic mass is 10.0. The van der Waals surface area contributed by atoms with E-state index in [9.17, 15) is 28.0 Å². The molecule has 0 aromatic heterocycles. The number of ether oxygens (including phenoxy) is 6. The summed E-state index contributed by atoms with van der Waals surface area (Å²) in [6.45, 7) is 5.33. The van der Waals surface area contributed by atoms with E-state index >= 15 is 0 Å². The highest BCUT2D eigenvalue weighted by Crippen LogP contribution is 2.29. The zero-order chi connectivity index (χ0) is 63.6. The molecule has 0 heterocycles. The summed E-state index contributed by atoms with van der Waals surface area (Å²) < 4.78 is 63.6. The third-order valence-electron chi connectivity index (χ3n) is 16.7. The van der Waals surface area contributed by atoms with Crippen molar-refractivity contribution in [2.75, 3.05) is 13.2 Å². The largest absolute Gasteiger partial charge is 0.491 e. The maximum atomic E-state index is 15.0. The fraction of sp³-hybridized carbons (Fsp3) is 0.513. The number of unbranched alkanes of at least 4 members (excludes halogenated alkanes) is 34. The Morgan fingerprint density at radius 3 is 0.800 bits per heavy atom. The van der Waals surface area contributed by atoms with Crippen LogP contribution in [-0.2, 0) is 0 Å². The zero-order valence-electron chi connectivity index (χ0n) is 54.3. The molecule has 6 aromatic rings. The SMILES string of the molecule is CCCCCCCCCCCCCCCCCCCCOc1ccc(C(=O)Oc2ccc(C(=O)Oc3ccc4ccc(OC(=O)c5ccc(OC(=O)c6ccc(OCCCCCCCCCCCCCCCCCCCC)c(F)c6)cc5)cc4c3)cc2)cc1F. The van der Waals surface area contributed by atoms with Gasteiger partial charge in [-0.25, -0.2) is 28.0 Å². The van der Waals surface area contributed by atoms with Crippen LogP contribution in [0.25, 0.3) is 10.8 Å². The molecule has 10 nitrogen and oxygen atoms in total. The fourth-order valence-corrected chi connectivity index (χ4v) is 11.2. The molecule has 0 fully saturated rings. The van der Waals surface area contributed by atoms with Crippen LogP contribution in [0.1, 0.15) is 286 Å². The van der Waals surface area contributed by atoms with Crippen molar-refractivity contribution in [2.45, 2.75) is 245 Å². The second-order valence-electron chi connectivity index (χ2n) is 24.3. The van der Waals surface area contributed by atoms with E-state index in [4.69, 9.17) is 28.4 Å². The van der Waals surface area contributed by atoms with Crippen molar-refractivity contribution < 1.29 is 56.4 Å². The van der Waals surface area contributed by atoms with Gasteiger partial charge in [-0.05, 0) is 133 Å². The summed E-state index contributed by atoms with van der Waals surface area (Å²) in [5.74, 6) is -3.20. The van der Waals surface area contributed by atoms with Crippen molar-refractivity contribution in [3.05, 3.63) is 155 Å². The summed E-state index contributed by atoms with van der Waals surface area (Å²) >= 11 is 0. The monoisotopic (exact) mass is 1240 g/mol. The van der Waals surface area contributed by atoms with Gasteiger partial charge in [-0.3, -0.25) is 0 Å². The first-order valence-corrected chi connectivity index (χ1v) is 34.6. The first-order chi connectivity index (χ1) is 44.1. The fourth-order valence-electron chi connectivity index (χ4n) is 11.2. The van der Waals surface area contributed by atoms with E-state index < -0.39 is 35.5 Å². The van der Waals surface area contributed by atoms with Gasteiger partial charge in [0.1, 0.15) is 23.0 Å². The van der Waals surface area contributed by atoms with Gasteiger partial charge in [-0.1, -0.05) is 244 Å². The molecule has 6 rings (SSSR count). The Labute approximate surface area is 536 Å². The number of fused-ring (bicyclic) bond motifs is 1. The van der Waals surface area contributed by atoms with E-state index in [1.165, 1.54) is 265 Å². The first-order valence-electron chi connectivity index (χ1n) is 34.6. The van der Waals surface area contributed by atoms with Crippen LogP contribution >= 0.6 is 0 Å². The molecule has 0 N–H and O–H groups in total. The Morgan fingerprint density at radius 1 is 0.267 bits per heavy atom. The molecule has 0 spiro atoms. The lowest BCUT2D eigenvalue weighted by molar-refractivity contribution is 0.0720. The number of rotatable bonds is 48. The van der Waals surface area contributed by atoms with Crippen molar-refractivity contribution >= 4 is 34.6 Å². The predicted molar refractivity (Wildman–Crippen MR) is 358 cm³/mol. The molecular formula is C78H102F2O10. The van der Waals surface area contributed by atoms with Gasteiger partial charge in [0, 0.05) is 0 Å². The van der Waals surface area contributed by atoms with E-state index in [-0.39, 0.29) is 56.8 Å². The quantitative estimate of drug-likeness (QED) is 0.0207. The first kappa shape index (κ1) is 72.0. The average Bonchev–Trinajstić information content (AvgIpc) is 3.40. The number of hydrogen-bond acceptors (Lipinski definition) is 10. The van der Waals surface area contributed by atoms with Crippen LogP contribution in [-0.4, -0.2) is 37.1 Å². The van der Waals surface area contributed by atoms with Gasteiger partial charge in [-0.2, -0.15) is 0 Å². The highest BCUT2D eigenvalue weighted by molar-refractivity contribution is 5.95. The highest BCUT2D eigenvalue weighted by atomic mass is 19.1. The van der Waals surface area contributed by atoms with Crippen molar-refractivity contribution in [3.63, 3.8) is 0 Å². The molecule has 0 aliphatic heterocycles. The number of esters is 4. The maximum Gasteiger partial charge on any atom is 0.343 e. The third kappa shape index (κ3) is 28.4. The van der Waals surface area contributed by atoms with E-state index in [1.807, 2.05) is 0 Å². The van der Waals surface area contributed by atoms with Crippen molar-refractivity contribution in [3.8, 4) is 34.5 Å². The van der Waals surface area contributed by atoms with Gasteiger partial charge >= 0.3 is 23.9 Å². The van der Waals surface area contributed by atoms with E-state index in [1.54, 1.807) is 36.4 Å². The van der Waals surface area contributed by atoms with Gasteiger partial charge in [0.15, 0.2) is 23.1 Å². The number of halogens is 2. The van der Waals surface area contributed by atoms with Gasteiger partial charge in [-0.15, -0.1) is 0 Å². The molecule has 0 unspecified atom stereocenters. The number of carbonyl (C=O) groups excluding carboxylic acids is 4. The number of benzene rings is 6. The van der Waals surface area contributed by atoms with Crippen LogP contribution in [0.15, 0.2) is 121 Å². The minimum Gasteiger partial charge on any atom is -0.491 e.